The van der Waals surface area contributed by atoms with Crippen LogP contribution >= 0.6 is 12.2 Å². The largest absolute Gasteiger partial charge is 0.326 e. The number of H-pyrrole nitrogens is 1. The Morgan fingerprint density at radius 1 is 1.04 bits per heavy atom. The van der Waals surface area contributed by atoms with Gasteiger partial charge in [0.15, 0.2) is 5.78 Å². The maximum atomic E-state index is 12.7. The van der Waals surface area contributed by atoms with Gasteiger partial charge in [0, 0.05) is 23.7 Å². The maximum absolute atomic E-state index is 12.7. The molecule has 25 heavy (non-hydrogen) atoms. The van der Waals surface area contributed by atoms with Gasteiger partial charge < -0.3 is 5.32 Å². The Bertz CT molecular complexity index is 980. The Kier molecular flexibility index (Phi) is 4.81. The van der Waals surface area contributed by atoms with Crippen LogP contribution in [0.15, 0.2) is 60.7 Å². The van der Waals surface area contributed by atoms with E-state index in [0.717, 1.165) is 5.56 Å². The number of nitrogens with one attached hydrogen (secondary N) is 2. The summed E-state index contributed by atoms with van der Waals surface area (Å²) in [5.74, 6) is -0.286. The van der Waals surface area contributed by atoms with Crippen LogP contribution in [0.3, 0.4) is 0 Å². The van der Waals surface area contributed by atoms with Gasteiger partial charge in [0.2, 0.25) is 5.91 Å². The van der Waals surface area contributed by atoms with Crippen LogP contribution in [-0.4, -0.2) is 21.9 Å². The van der Waals surface area contributed by atoms with Crippen LogP contribution in [0.4, 0.5) is 5.69 Å². The van der Waals surface area contributed by atoms with Gasteiger partial charge in [-0.3, -0.25) is 14.7 Å². The normalized spacial score (nSPS) is 10.3. The van der Waals surface area contributed by atoms with Gasteiger partial charge in [0.25, 0.3) is 0 Å². The SMILES string of the molecule is CC(=O)Nc1ccc(-c2cc(C(=O)c3ccccc3)c(=S)[nH]n2)cc1. The van der Waals surface area contributed by atoms with E-state index < -0.39 is 0 Å². The highest BCUT2D eigenvalue weighted by Gasteiger charge is 2.13. The first-order valence-electron chi connectivity index (χ1n) is 7.62. The van der Waals surface area contributed by atoms with E-state index in [2.05, 4.69) is 15.5 Å². The van der Waals surface area contributed by atoms with Crippen molar-refractivity contribution in [3.05, 3.63) is 76.4 Å². The van der Waals surface area contributed by atoms with E-state index in [1.54, 1.807) is 30.3 Å². The number of ketones is 1. The number of carbonyl (C=O) groups is 2. The number of aromatic nitrogens is 2. The van der Waals surface area contributed by atoms with E-state index >= 15 is 0 Å². The van der Waals surface area contributed by atoms with E-state index in [1.165, 1.54) is 6.92 Å². The molecule has 0 unspecified atom stereocenters. The third-order valence-corrected chi connectivity index (χ3v) is 3.90. The molecule has 124 valence electrons. The average molecular weight is 349 g/mol. The lowest BCUT2D eigenvalue weighted by atomic mass is 10.0. The van der Waals surface area contributed by atoms with Crippen molar-refractivity contribution < 1.29 is 9.59 Å². The fraction of sp³-hybridized carbons (Fsp3) is 0.0526. The average Bonchev–Trinajstić information content (AvgIpc) is 2.62. The molecule has 1 amide bonds. The first-order valence-corrected chi connectivity index (χ1v) is 8.03. The number of benzene rings is 2. The fourth-order valence-electron chi connectivity index (χ4n) is 2.39. The van der Waals surface area contributed by atoms with Crippen molar-refractivity contribution in [1.29, 1.82) is 0 Å². The number of rotatable bonds is 4. The lowest BCUT2D eigenvalue weighted by molar-refractivity contribution is -0.114. The summed E-state index contributed by atoms with van der Waals surface area (Å²) in [6.45, 7) is 1.45. The van der Waals surface area contributed by atoms with Gasteiger partial charge in [0.05, 0.1) is 11.3 Å². The van der Waals surface area contributed by atoms with Crippen LogP contribution in [-0.2, 0) is 4.79 Å². The molecule has 2 aromatic carbocycles. The van der Waals surface area contributed by atoms with Crippen LogP contribution < -0.4 is 5.32 Å². The number of amides is 1. The van der Waals surface area contributed by atoms with E-state index in [-0.39, 0.29) is 11.7 Å². The summed E-state index contributed by atoms with van der Waals surface area (Å²) in [7, 11) is 0. The van der Waals surface area contributed by atoms with Crippen LogP contribution in [0.25, 0.3) is 11.3 Å². The van der Waals surface area contributed by atoms with Crippen molar-refractivity contribution in [3.8, 4) is 11.3 Å². The molecule has 0 saturated heterocycles. The Hall–Kier alpha value is -3.12. The first kappa shape index (κ1) is 16.7. The van der Waals surface area contributed by atoms with Crippen molar-refractivity contribution in [2.24, 2.45) is 0 Å². The minimum absolute atomic E-state index is 0.134. The predicted molar refractivity (Wildman–Crippen MR) is 99.0 cm³/mol. The molecule has 3 aromatic rings. The Morgan fingerprint density at radius 3 is 2.36 bits per heavy atom. The summed E-state index contributed by atoms with van der Waals surface area (Å²) in [6, 6.07) is 17.8. The molecule has 5 nitrogen and oxygen atoms in total. The maximum Gasteiger partial charge on any atom is 0.221 e. The minimum Gasteiger partial charge on any atom is -0.326 e. The van der Waals surface area contributed by atoms with Crippen molar-refractivity contribution in [2.75, 3.05) is 5.32 Å². The molecule has 2 N–H and O–H groups in total. The molecule has 0 atom stereocenters. The van der Waals surface area contributed by atoms with Gasteiger partial charge in [-0.2, -0.15) is 5.10 Å². The molecule has 0 aliphatic rings. The zero-order valence-corrected chi connectivity index (χ0v) is 14.3. The van der Waals surface area contributed by atoms with E-state index in [1.807, 2.05) is 30.3 Å². The monoisotopic (exact) mass is 349 g/mol. The summed E-state index contributed by atoms with van der Waals surface area (Å²) in [5.41, 5.74) is 3.07. The molecular weight excluding hydrogens is 334 g/mol. The molecule has 0 bridgehead atoms. The lowest BCUT2D eigenvalue weighted by Gasteiger charge is -2.06. The Labute approximate surface area is 149 Å². The molecule has 0 radical (unpaired) electrons. The van der Waals surface area contributed by atoms with E-state index in [0.29, 0.717) is 27.1 Å². The second kappa shape index (κ2) is 7.19. The lowest BCUT2D eigenvalue weighted by Crippen LogP contribution is -2.06. The molecule has 1 heterocycles. The zero-order chi connectivity index (χ0) is 17.8. The number of hydrogen-bond acceptors (Lipinski definition) is 4. The third-order valence-electron chi connectivity index (χ3n) is 3.59. The van der Waals surface area contributed by atoms with Gasteiger partial charge in [-0.15, -0.1) is 0 Å². The van der Waals surface area contributed by atoms with Crippen molar-refractivity contribution >= 4 is 29.6 Å². The summed E-state index contributed by atoms with van der Waals surface area (Å²) < 4.78 is 0.299. The summed E-state index contributed by atoms with van der Waals surface area (Å²) in [6.07, 6.45) is 0. The highest BCUT2D eigenvalue weighted by atomic mass is 32.1. The molecule has 6 heteroatoms. The predicted octanol–water partition coefficient (Wildman–Crippen LogP) is 4.00. The topological polar surface area (TPSA) is 74.8 Å². The molecule has 0 aliphatic carbocycles. The minimum atomic E-state index is -0.152. The number of nitrogens with zero attached hydrogens (tertiary/aromatic N) is 1. The highest BCUT2D eigenvalue weighted by Crippen LogP contribution is 2.21. The van der Waals surface area contributed by atoms with E-state index in [4.69, 9.17) is 12.2 Å². The van der Waals surface area contributed by atoms with Gasteiger partial charge >= 0.3 is 0 Å². The van der Waals surface area contributed by atoms with Crippen LogP contribution in [0.2, 0.25) is 0 Å². The van der Waals surface area contributed by atoms with Crippen LogP contribution in [0, 0.1) is 4.64 Å². The fourth-order valence-corrected chi connectivity index (χ4v) is 2.59. The summed E-state index contributed by atoms with van der Waals surface area (Å²) in [5, 5.41) is 9.65. The Balaban J connectivity index is 1.95. The summed E-state index contributed by atoms with van der Waals surface area (Å²) >= 11 is 5.22. The molecule has 1 aromatic heterocycles. The van der Waals surface area contributed by atoms with Crippen LogP contribution in [0.1, 0.15) is 22.8 Å². The second-order valence-electron chi connectivity index (χ2n) is 5.45. The zero-order valence-electron chi connectivity index (χ0n) is 13.4. The van der Waals surface area contributed by atoms with Crippen molar-refractivity contribution in [1.82, 2.24) is 10.2 Å². The molecule has 0 spiro atoms. The van der Waals surface area contributed by atoms with Gasteiger partial charge in [-0.1, -0.05) is 54.7 Å². The van der Waals surface area contributed by atoms with Gasteiger partial charge in [-0.05, 0) is 18.2 Å². The van der Waals surface area contributed by atoms with E-state index in [9.17, 15) is 9.59 Å². The Morgan fingerprint density at radius 2 is 1.72 bits per heavy atom. The number of anilines is 1. The molecular formula is C19H15N3O2S. The number of aromatic amines is 1. The van der Waals surface area contributed by atoms with Gasteiger partial charge in [0.1, 0.15) is 4.64 Å². The van der Waals surface area contributed by atoms with Crippen molar-refractivity contribution in [3.63, 3.8) is 0 Å². The molecule has 3 rings (SSSR count). The highest BCUT2D eigenvalue weighted by molar-refractivity contribution is 7.71. The number of hydrogen-bond donors (Lipinski definition) is 2. The van der Waals surface area contributed by atoms with Crippen LogP contribution in [0.5, 0.6) is 0 Å². The van der Waals surface area contributed by atoms with Crippen molar-refractivity contribution in [2.45, 2.75) is 6.92 Å². The smallest absolute Gasteiger partial charge is 0.221 e. The summed E-state index contributed by atoms with van der Waals surface area (Å²) in [4.78, 5) is 23.7. The second-order valence-corrected chi connectivity index (χ2v) is 5.86. The number of carbonyl (C=O) groups excluding carboxylic acids is 2. The van der Waals surface area contributed by atoms with Gasteiger partial charge in [-0.25, -0.2) is 0 Å². The quantitative estimate of drug-likeness (QED) is 0.551. The third kappa shape index (κ3) is 3.87. The molecule has 0 aliphatic heterocycles. The molecule has 0 fully saturated rings. The molecule has 0 saturated carbocycles. The standard InChI is InChI=1S/C19H15N3O2S/c1-12(23)20-15-9-7-13(8-10-15)17-11-16(19(25)22-21-17)18(24)14-5-3-2-4-6-14/h2-11H,1H3,(H,20,23)(H,22,25). The first-order chi connectivity index (χ1) is 12.0.